The molecule has 5 heteroatoms. The van der Waals surface area contributed by atoms with Gasteiger partial charge in [0, 0.05) is 16.6 Å². The SMILES string of the molecule is CC(C)C1=CC2=CC=C3C(C)(C)C[C@H](OC(=O)c4ccc(O)cc4)C[C@]3(C)C2=C(O)C1=O. The first-order valence-electron chi connectivity index (χ1n) is 11.1. The lowest BCUT2D eigenvalue weighted by Gasteiger charge is -2.52. The van der Waals surface area contributed by atoms with E-state index < -0.39 is 17.5 Å². The first-order valence-corrected chi connectivity index (χ1v) is 11.1. The molecule has 0 aromatic heterocycles. The fourth-order valence-electron chi connectivity index (χ4n) is 5.62. The first-order chi connectivity index (χ1) is 14.9. The van der Waals surface area contributed by atoms with E-state index in [9.17, 15) is 19.8 Å². The van der Waals surface area contributed by atoms with Crippen molar-refractivity contribution in [1.82, 2.24) is 0 Å². The average molecular weight is 435 g/mol. The fourth-order valence-corrected chi connectivity index (χ4v) is 5.62. The highest BCUT2D eigenvalue weighted by atomic mass is 16.5. The molecule has 0 spiro atoms. The first kappa shape index (κ1) is 22.1. The van der Waals surface area contributed by atoms with Crippen molar-refractivity contribution in [3.8, 4) is 5.75 Å². The van der Waals surface area contributed by atoms with Gasteiger partial charge < -0.3 is 14.9 Å². The Bertz CT molecular complexity index is 1110. The van der Waals surface area contributed by atoms with E-state index in [2.05, 4.69) is 19.9 Å². The van der Waals surface area contributed by atoms with Gasteiger partial charge in [-0.15, -0.1) is 0 Å². The molecule has 0 amide bonds. The molecule has 0 bridgehead atoms. The summed E-state index contributed by atoms with van der Waals surface area (Å²) in [5, 5.41) is 20.5. The molecule has 0 heterocycles. The Hall–Kier alpha value is -3.08. The molecule has 168 valence electrons. The molecule has 4 rings (SSSR count). The van der Waals surface area contributed by atoms with Crippen LogP contribution >= 0.6 is 0 Å². The number of aromatic hydroxyl groups is 1. The van der Waals surface area contributed by atoms with Crippen LogP contribution in [0.25, 0.3) is 0 Å². The van der Waals surface area contributed by atoms with Crippen LogP contribution in [0.15, 0.2) is 70.5 Å². The summed E-state index contributed by atoms with van der Waals surface area (Å²) in [6.45, 7) is 10.1. The zero-order chi connectivity index (χ0) is 23.4. The topological polar surface area (TPSA) is 83.8 Å². The van der Waals surface area contributed by atoms with Gasteiger partial charge in [-0.05, 0) is 60.1 Å². The van der Waals surface area contributed by atoms with Gasteiger partial charge in [-0.2, -0.15) is 0 Å². The molecule has 3 aliphatic carbocycles. The minimum Gasteiger partial charge on any atom is -0.508 e. The standard InChI is InChI=1S/C27H30O5/c1-15(2)20-12-17-8-11-21-26(3,4)13-19(14-27(21,5)22(17)24(30)23(20)29)32-25(31)16-6-9-18(28)10-7-16/h6-12,15,19,28,30H,13-14H2,1-5H3/t19-,27-/m0/s1. The molecule has 2 N–H and O–H groups in total. The number of allylic oxidation sites excluding steroid dienone is 7. The number of esters is 1. The van der Waals surface area contributed by atoms with Gasteiger partial charge in [-0.3, -0.25) is 4.79 Å². The molecule has 1 aromatic rings. The van der Waals surface area contributed by atoms with Crippen LogP contribution < -0.4 is 0 Å². The van der Waals surface area contributed by atoms with E-state index in [1.54, 1.807) is 0 Å². The molecule has 1 aromatic carbocycles. The number of carbonyl (C=O) groups excluding carboxylic acids is 2. The van der Waals surface area contributed by atoms with Crippen LogP contribution in [-0.2, 0) is 9.53 Å². The van der Waals surface area contributed by atoms with Crippen molar-refractivity contribution in [3.63, 3.8) is 0 Å². The summed E-state index contributed by atoms with van der Waals surface area (Å²) in [4.78, 5) is 25.7. The van der Waals surface area contributed by atoms with E-state index >= 15 is 0 Å². The third-order valence-electron chi connectivity index (χ3n) is 6.99. The van der Waals surface area contributed by atoms with Crippen molar-refractivity contribution in [1.29, 1.82) is 0 Å². The van der Waals surface area contributed by atoms with Crippen LogP contribution in [-0.4, -0.2) is 28.1 Å². The number of aliphatic hydroxyl groups is 1. The lowest BCUT2D eigenvalue weighted by Crippen LogP contribution is -2.46. The van der Waals surface area contributed by atoms with Crippen LogP contribution in [0.1, 0.15) is 57.8 Å². The summed E-state index contributed by atoms with van der Waals surface area (Å²) in [5.74, 6) is -0.879. The van der Waals surface area contributed by atoms with Gasteiger partial charge in [0.25, 0.3) is 0 Å². The zero-order valence-electron chi connectivity index (χ0n) is 19.2. The number of hydrogen-bond acceptors (Lipinski definition) is 5. The van der Waals surface area contributed by atoms with Crippen molar-refractivity contribution < 1.29 is 24.5 Å². The zero-order valence-corrected chi connectivity index (χ0v) is 19.2. The maximum Gasteiger partial charge on any atom is 0.338 e. The van der Waals surface area contributed by atoms with Crippen LogP contribution in [0.2, 0.25) is 0 Å². The molecule has 1 saturated carbocycles. The number of carbonyl (C=O) groups is 2. The van der Waals surface area contributed by atoms with Gasteiger partial charge in [-0.1, -0.05) is 52.3 Å². The molecule has 1 fully saturated rings. The van der Waals surface area contributed by atoms with E-state index in [1.165, 1.54) is 24.3 Å². The highest BCUT2D eigenvalue weighted by Gasteiger charge is 2.52. The second-order valence-corrected chi connectivity index (χ2v) is 10.2. The number of benzene rings is 1. The van der Waals surface area contributed by atoms with Gasteiger partial charge in [0.05, 0.1) is 5.56 Å². The van der Waals surface area contributed by atoms with Gasteiger partial charge in [0.15, 0.2) is 5.76 Å². The number of hydrogen-bond donors (Lipinski definition) is 2. The van der Waals surface area contributed by atoms with Crippen molar-refractivity contribution in [2.75, 3.05) is 0 Å². The molecule has 3 aliphatic rings. The number of ether oxygens (including phenoxy) is 1. The van der Waals surface area contributed by atoms with Crippen LogP contribution in [0.4, 0.5) is 0 Å². The largest absolute Gasteiger partial charge is 0.508 e. The molecular formula is C27H30O5. The quantitative estimate of drug-likeness (QED) is 0.606. The summed E-state index contributed by atoms with van der Waals surface area (Å²) in [6.07, 6.45) is 6.70. The normalized spacial score (nSPS) is 26.6. The number of fused-ring (bicyclic) bond motifs is 3. The minimum absolute atomic E-state index is 0.00657. The number of phenolic OH excluding ortho intramolecular Hbond substituents is 1. The van der Waals surface area contributed by atoms with E-state index in [4.69, 9.17) is 4.74 Å². The molecule has 2 atom stereocenters. The van der Waals surface area contributed by atoms with E-state index in [-0.39, 0.29) is 28.6 Å². The molecule has 0 aliphatic heterocycles. The molecular weight excluding hydrogens is 404 g/mol. The van der Waals surface area contributed by atoms with E-state index in [1.807, 2.05) is 32.9 Å². The highest BCUT2D eigenvalue weighted by Crippen LogP contribution is 2.59. The van der Waals surface area contributed by atoms with Crippen molar-refractivity contribution >= 4 is 11.8 Å². The lowest BCUT2D eigenvalue weighted by atomic mass is 9.53. The Morgan fingerprint density at radius 1 is 1.06 bits per heavy atom. The maximum absolute atomic E-state index is 12.9. The summed E-state index contributed by atoms with van der Waals surface area (Å²) < 4.78 is 5.90. The summed E-state index contributed by atoms with van der Waals surface area (Å²) in [5.41, 5.74) is 2.64. The average Bonchev–Trinajstić information content (AvgIpc) is 2.69. The lowest BCUT2D eigenvalue weighted by molar-refractivity contribution is -0.115. The highest BCUT2D eigenvalue weighted by molar-refractivity contribution is 6.10. The van der Waals surface area contributed by atoms with Gasteiger partial charge >= 0.3 is 5.97 Å². The molecule has 32 heavy (non-hydrogen) atoms. The number of Topliss-reactive ketones (excluding diaryl/α,β-unsaturated/α-hetero) is 1. The molecule has 0 radical (unpaired) electrons. The smallest absolute Gasteiger partial charge is 0.338 e. The van der Waals surface area contributed by atoms with Crippen LogP contribution in [0.5, 0.6) is 5.75 Å². The predicted molar refractivity (Wildman–Crippen MR) is 122 cm³/mol. The Labute approximate surface area is 188 Å². The second kappa shape index (κ2) is 7.51. The molecule has 0 saturated heterocycles. The monoisotopic (exact) mass is 434 g/mol. The second-order valence-electron chi connectivity index (χ2n) is 10.2. The Balaban J connectivity index is 1.71. The van der Waals surface area contributed by atoms with E-state index in [0.29, 0.717) is 29.6 Å². The number of aliphatic hydroxyl groups excluding tert-OH is 1. The Morgan fingerprint density at radius 3 is 2.34 bits per heavy atom. The summed E-state index contributed by atoms with van der Waals surface area (Å²) in [6, 6.07) is 5.98. The predicted octanol–water partition coefficient (Wildman–Crippen LogP) is 5.59. The summed E-state index contributed by atoms with van der Waals surface area (Å²) in [7, 11) is 0. The van der Waals surface area contributed by atoms with Gasteiger partial charge in [-0.25, -0.2) is 4.79 Å². The Kier molecular flexibility index (Phi) is 5.19. The van der Waals surface area contributed by atoms with Crippen molar-refractivity contribution in [2.45, 2.75) is 53.6 Å². The fraction of sp³-hybridized carbons (Fsp3) is 0.407. The number of rotatable bonds is 3. The van der Waals surface area contributed by atoms with E-state index in [0.717, 1.165) is 11.1 Å². The molecule has 5 nitrogen and oxygen atoms in total. The number of phenols is 1. The Morgan fingerprint density at radius 2 is 1.72 bits per heavy atom. The van der Waals surface area contributed by atoms with Gasteiger partial charge in [0.1, 0.15) is 11.9 Å². The molecule has 0 unspecified atom stereocenters. The minimum atomic E-state index is -0.634. The third-order valence-corrected chi connectivity index (χ3v) is 6.99. The van der Waals surface area contributed by atoms with Gasteiger partial charge in [0.2, 0.25) is 5.78 Å². The van der Waals surface area contributed by atoms with Crippen LogP contribution in [0.3, 0.4) is 0 Å². The maximum atomic E-state index is 12.9. The van der Waals surface area contributed by atoms with Crippen molar-refractivity contribution in [3.05, 3.63) is 76.1 Å². The third kappa shape index (κ3) is 3.50. The summed E-state index contributed by atoms with van der Waals surface area (Å²) >= 11 is 0. The number of ketones is 1. The van der Waals surface area contributed by atoms with Crippen molar-refractivity contribution in [2.24, 2.45) is 16.7 Å². The van der Waals surface area contributed by atoms with Crippen LogP contribution in [0, 0.1) is 16.7 Å².